The molecule has 0 aliphatic rings. The van der Waals surface area contributed by atoms with Gasteiger partial charge in [-0.3, -0.25) is 4.98 Å². The molecule has 0 aliphatic carbocycles. The monoisotopic (exact) mass is 262 g/mol. The Morgan fingerprint density at radius 2 is 2.28 bits per heavy atom. The van der Waals surface area contributed by atoms with Gasteiger partial charge in [-0.15, -0.1) is 0 Å². The van der Waals surface area contributed by atoms with Crippen LogP contribution in [0.25, 0.3) is 17.1 Å². The van der Waals surface area contributed by atoms with E-state index in [-0.39, 0.29) is 5.97 Å². The minimum absolute atomic E-state index is 0.342. The van der Waals surface area contributed by atoms with Crippen LogP contribution in [-0.4, -0.2) is 22.5 Å². The van der Waals surface area contributed by atoms with Gasteiger partial charge in [0.05, 0.1) is 23.8 Å². The molecule has 0 spiro atoms. The third kappa shape index (κ3) is 3.05. The van der Waals surface area contributed by atoms with Crippen molar-refractivity contribution < 1.29 is 9.53 Å². The second kappa shape index (κ2) is 5.60. The van der Waals surface area contributed by atoms with E-state index in [2.05, 4.69) is 9.97 Å². The summed E-state index contributed by atoms with van der Waals surface area (Å²) in [6, 6.07) is 5.48. The number of hydrogen-bond acceptors (Lipinski definition) is 4. The van der Waals surface area contributed by atoms with E-state index in [4.69, 9.17) is 16.3 Å². The molecule has 0 aliphatic heterocycles. The number of nitrogens with zero attached hydrogens (tertiary/aromatic N) is 2. The fraction of sp³-hybridized carbons (Fsp3) is 0.154. The number of carbonyl (C=O) groups excluding carboxylic acids is 1. The lowest BCUT2D eigenvalue weighted by atomic mass is 10.2. The van der Waals surface area contributed by atoms with Gasteiger partial charge in [-0.1, -0.05) is 17.7 Å². The number of benzene rings is 1. The standard InChI is InChI=1S/C13H11ClN2O2/c1-2-18-13(17)6-4-9-3-5-10-11(7-9)16-12(14)8-15-10/h3-8H,2H2,1H3. The van der Waals surface area contributed by atoms with Gasteiger partial charge in [0.15, 0.2) is 0 Å². The lowest BCUT2D eigenvalue weighted by Gasteiger charge is -1.99. The molecule has 0 radical (unpaired) electrons. The molecule has 0 saturated heterocycles. The van der Waals surface area contributed by atoms with Crippen molar-refractivity contribution >= 4 is 34.7 Å². The summed E-state index contributed by atoms with van der Waals surface area (Å²) in [4.78, 5) is 19.5. The third-order valence-corrected chi connectivity index (χ3v) is 2.42. The van der Waals surface area contributed by atoms with Crippen molar-refractivity contribution in [3.8, 4) is 0 Å². The molecule has 0 saturated carbocycles. The maximum absolute atomic E-state index is 11.2. The number of rotatable bonds is 3. The average molecular weight is 263 g/mol. The zero-order chi connectivity index (χ0) is 13.0. The van der Waals surface area contributed by atoms with Crippen LogP contribution < -0.4 is 0 Å². The van der Waals surface area contributed by atoms with Crippen LogP contribution in [0.2, 0.25) is 5.15 Å². The number of esters is 1. The highest BCUT2D eigenvalue weighted by Gasteiger charge is 1.99. The summed E-state index contributed by atoms with van der Waals surface area (Å²) in [6.07, 6.45) is 4.54. The second-order valence-corrected chi connectivity index (χ2v) is 3.91. The number of aromatic nitrogens is 2. The molecule has 0 fully saturated rings. The molecule has 1 aromatic carbocycles. The minimum atomic E-state index is -0.366. The molecule has 0 atom stereocenters. The highest BCUT2D eigenvalue weighted by molar-refractivity contribution is 6.29. The van der Waals surface area contributed by atoms with Crippen molar-refractivity contribution in [2.24, 2.45) is 0 Å². The van der Waals surface area contributed by atoms with Gasteiger partial charge in [0.25, 0.3) is 0 Å². The Morgan fingerprint density at radius 1 is 1.44 bits per heavy atom. The summed E-state index contributed by atoms with van der Waals surface area (Å²) in [5.74, 6) is -0.366. The molecule has 5 heteroatoms. The van der Waals surface area contributed by atoms with E-state index in [0.717, 1.165) is 11.1 Å². The van der Waals surface area contributed by atoms with E-state index in [1.54, 1.807) is 13.0 Å². The summed E-state index contributed by atoms with van der Waals surface area (Å²) in [6.45, 7) is 2.13. The molecule has 0 bridgehead atoms. The van der Waals surface area contributed by atoms with E-state index in [1.165, 1.54) is 12.3 Å². The number of ether oxygens (including phenoxy) is 1. The van der Waals surface area contributed by atoms with Crippen LogP contribution in [0.3, 0.4) is 0 Å². The molecule has 0 amide bonds. The Kier molecular flexibility index (Phi) is 3.89. The van der Waals surface area contributed by atoms with E-state index in [9.17, 15) is 4.79 Å². The van der Waals surface area contributed by atoms with Gasteiger partial charge in [-0.25, -0.2) is 9.78 Å². The summed E-state index contributed by atoms with van der Waals surface area (Å²) in [7, 11) is 0. The quantitative estimate of drug-likeness (QED) is 0.630. The average Bonchev–Trinajstić information content (AvgIpc) is 2.36. The molecule has 1 heterocycles. The number of hydrogen-bond donors (Lipinski definition) is 0. The first-order chi connectivity index (χ1) is 8.69. The molecule has 4 nitrogen and oxygen atoms in total. The van der Waals surface area contributed by atoms with Crippen LogP contribution in [0.5, 0.6) is 0 Å². The van der Waals surface area contributed by atoms with Crippen molar-refractivity contribution in [3.63, 3.8) is 0 Å². The smallest absolute Gasteiger partial charge is 0.330 e. The largest absolute Gasteiger partial charge is 0.463 e. The van der Waals surface area contributed by atoms with Gasteiger partial charge in [0.1, 0.15) is 5.15 Å². The highest BCUT2D eigenvalue weighted by Crippen LogP contribution is 2.15. The lowest BCUT2D eigenvalue weighted by molar-refractivity contribution is -0.137. The summed E-state index contributed by atoms with van der Waals surface area (Å²) in [5, 5.41) is 0.342. The molecule has 2 aromatic rings. The predicted octanol–water partition coefficient (Wildman–Crippen LogP) is 2.86. The molecule has 0 unspecified atom stereocenters. The number of fused-ring (bicyclic) bond motifs is 1. The zero-order valence-corrected chi connectivity index (χ0v) is 10.5. The molecule has 1 aromatic heterocycles. The Labute approximate surface area is 109 Å². The van der Waals surface area contributed by atoms with E-state index in [1.807, 2.05) is 18.2 Å². The van der Waals surface area contributed by atoms with Crippen molar-refractivity contribution in [2.75, 3.05) is 6.61 Å². The maximum atomic E-state index is 11.2. The van der Waals surface area contributed by atoms with Gasteiger partial charge in [0.2, 0.25) is 0 Å². The van der Waals surface area contributed by atoms with Crippen molar-refractivity contribution in [2.45, 2.75) is 6.92 Å². The SMILES string of the molecule is CCOC(=O)C=Cc1ccc2ncc(Cl)nc2c1. The molecule has 2 rings (SSSR count). The van der Waals surface area contributed by atoms with Crippen LogP contribution in [0.15, 0.2) is 30.5 Å². The van der Waals surface area contributed by atoms with E-state index in [0.29, 0.717) is 17.3 Å². The normalized spacial score (nSPS) is 11.0. The van der Waals surface area contributed by atoms with Gasteiger partial charge < -0.3 is 4.74 Å². The van der Waals surface area contributed by atoms with Crippen molar-refractivity contribution in [3.05, 3.63) is 41.2 Å². The van der Waals surface area contributed by atoms with Crippen LogP contribution in [0.4, 0.5) is 0 Å². The van der Waals surface area contributed by atoms with Gasteiger partial charge in [-0.2, -0.15) is 0 Å². The lowest BCUT2D eigenvalue weighted by Crippen LogP contribution is -1.98. The molecule has 18 heavy (non-hydrogen) atoms. The Bertz CT molecular complexity index is 611. The van der Waals surface area contributed by atoms with Crippen molar-refractivity contribution in [1.29, 1.82) is 0 Å². The Balaban J connectivity index is 2.27. The molecular weight excluding hydrogens is 252 g/mol. The highest BCUT2D eigenvalue weighted by atomic mass is 35.5. The molecule has 0 N–H and O–H groups in total. The summed E-state index contributed by atoms with van der Waals surface area (Å²) >= 11 is 5.77. The second-order valence-electron chi connectivity index (χ2n) is 3.53. The van der Waals surface area contributed by atoms with Crippen LogP contribution in [0, 0.1) is 0 Å². The number of carbonyl (C=O) groups is 1. The Hall–Kier alpha value is -1.94. The van der Waals surface area contributed by atoms with Gasteiger partial charge >= 0.3 is 5.97 Å². The van der Waals surface area contributed by atoms with Crippen LogP contribution in [-0.2, 0) is 9.53 Å². The van der Waals surface area contributed by atoms with Crippen LogP contribution >= 0.6 is 11.6 Å². The maximum Gasteiger partial charge on any atom is 0.330 e. The Morgan fingerprint density at radius 3 is 3.06 bits per heavy atom. The number of halogens is 1. The van der Waals surface area contributed by atoms with E-state index < -0.39 is 0 Å². The van der Waals surface area contributed by atoms with E-state index >= 15 is 0 Å². The summed E-state index contributed by atoms with van der Waals surface area (Å²) < 4.78 is 4.80. The topological polar surface area (TPSA) is 52.1 Å². The first-order valence-electron chi connectivity index (χ1n) is 5.46. The zero-order valence-electron chi connectivity index (χ0n) is 9.76. The summed E-state index contributed by atoms with van der Waals surface area (Å²) in [5.41, 5.74) is 2.29. The third-order valence-electron chi connectivity index (χ3n) is 2.24. The fourth-order valence-electron chi connectivity index (χ4n) is 1.46. The molecular formula is C13H11ClN2O2. The predicted molar refractivity (Wildman–Crippen MR) is 70.2 cm³/mol. The fourth-order valence-corrected chi connectivity index (χ4v) is 1.60. The first kappa shape index (κ1) is 12.5. The molecule has 92 valence electrons. The first-order valence-corrected chi connectivity index (χ1v) is 5.84. The van der Waals surface area contributed by atoms with Crippen molar-refractivity contribution in [1.82, 2.24) is 9.97 Å². The van der Waals surface area contributed by atoms with Crippen LogP contribution in [0.1, 0.15) is 12.5 Å². The van der Waals surface area contributed by atoms with Gasteiger partial charge in [0, 0.05) is 6.08 Å². The minimum Gasteiger partial charge on any atom is -0.463 e. The van der Waals surface area contributed by atoms with Gasteiger partial charge in [-0.05, 0) is 30.7 Å².